The summed E-state index contributed by atoms with van der Waals surface area (Å²) in [4.78, 5) is 24.1. The molecule has 6 nitrogen and oxygen atoms in total. The van der Waals surface area contributed by atoms with Gasteiger partial charge in [0.1, 0.15) is 5.75 Å². The van der Waals surface area contributed by atoms with E-state index in [2.05, 4.69) is 197 Å². The van der Waals surface area contributed by atoms with Gasteiger partial charge in [0.2, 0.25) is 0 Å². The van der Waals surface area contributed by atoms with Crippen LogP contribution in [0.15, 0.2) is 259 Å². The first-order valence-corrected chi connectivity index (χ1v) is 27.8. The Balaban J connectivity index is 0.000000171. The summed E-state index contributed by atoms with van der Waals surface area (Å²) >= 11 is 0. The van der Waals surface area contributed by atoms with Gasteiger partial charge in [0.25, 0.3) is 0 Å². The largest absolute Gasteiger partial charge is 0.508 e. The molecule has 1 aliphatic heterocycles. The van der Waals surface area contributed by atoms with Crippen LogP contribution in [0.4, 0.5) is 17.1 Å². The van der Waals surface area contributed by atoms with Gasteiger partial charge < -0.3 is 20.6 Å². The van der Waals surface area contributed by atoms with E-state index in [0.29, 0.717) is 5.75 Å². The average Bonchev–Trinajstić information content (AvgIpc) is 4.00. The van der Waals surface area contributed by atoms with E-state index in [1.807, 2.05) is 109 Å². The molecule has 12 rings (SSSR count). The predicted octanol–water partition coefficient (Wildman–Crippen LogP) is 19.0. The van der Waals surface area contributed by atoms with E-state index in [4.69, 9.17) is 5.11 Å². The number of fused-ring (bicyclic) bond motifs is 2. The number of carbonyl (C=O) groups excluding carboxylic acids is 2. The van der Waals surface area contributed by atoms with Crippen molar-refractivity contribution in [2.45, 2.75) is 82.1 Å². The van der Waals surface area contributed by atoms with Crippen molar-refractivity contribution in [2.24, 2.45) is 0 Å². The lowest BCUT2D eigenvalue weighted by molar-refractivity contribution is -0.110. The number of ketones is 2. The summed E-state index contributed by atoms with van der Waals surface area (Å²) < 4.78 is 0. The van der Waals surface area contributed by atoms with Crippen molar-refractivity contribution in [3.63, 3.8) is 0 Å². The number of nitrogens with one attached hydrogen (secondary N) is 2. The molecule has 0 spiro atoms. The molecule has 0 radical (unpaired) electrons. The molecular weight excluding hydrogens is 991 g/mol. The number of allylic oxidation sites excluding steroid dienone is 24. The second-order valence-electron chi connectivity index (χ2n) is 20.3. The molecule has 3 N–H and O–H groups in total. The van der Waals surface area contributed by atoms with Crippen LogP contribution < -0.4 is 15.5 Å². The van der Waals surface area contributed by atoms with E-state index >= 15 is 0 Å². The van der Waals surface area contributed by atoms with Crippen LogP contribution in [-0.4, -0.2) is 37.4 Å². The first kappa shape index (κ1) is 62.8. The van der Waals surface area contributed by atoms with Crippen molar-refractivity contribution in [1.82, 2.24) is 0 Å². The third-order valence-electron chi connectivity index (χ3n) is 13.7. The van der Waals surface area contributed by atoms with E-state index in [-0.39, 0.29) is 11.6 Å². The Bertz CT molecular complexity index is 3420. The van der Waals surface area contributed by atoms with Crippen LogP contribution in [0.2, 0.25) is 0 Å². The van der Waals surface area contributed by atoms with Gasteiger partial charge in [-0.1, -0.05) is 199 Å². The summed E-state index contributed by atoms with van der Waals surface area (Å²) in [6.45, 7) is 21.2. The molecule has 0 atom stereocenters. The summed E-state index contributed by atoms with van der Waals surface area (Å²) in [6, 6.07) is 41.0. The van der Waals surface area contributed by atoms with Gasteiger partial charge in [-0.2, -0.15) is 0 Å². The normalized spacial score (nSPS) is 14.5. The highest BCUT2D eigenvalue weighted by Crippen LogP contribution is 2.35. The number of rotatable bonds is 1. The number of benzene rings is 6. The van der Waals surface area contributed by atoms with E-state index < -0.39 is 0 Å². The maximum atomic E-state index is 11.4. The number of phenolic OH excluding ortho intramolecular Hbond substituents is 1. The molecule has 0 unspecified atom stereocenters. The number of hydrogen-bond donors (Lipinski definition) is 3. The fourth-order valence-electron chi connectivity index (χ4n) is 8.66. The molecule has 6 aliphatic rings. The number of aromatic hydroxyl groups is 1. The van der Waals surface area contributed by atoms with E-state index in [1.165, 1.54) is 72.4 Å². The Labute approximate surface area is 484 Å². The minimum Gasteiger partial charge on any atom is -0.508 e. The Morgan fingerprint density at radius 2 is 1.09 bits per heavy atom. The van der Waals surface area contributed by atoms with Gasteiger partial charge in [0.05, 0.1) is 6.67 Å². The molecule has 0 fully saturated rings. The third-order valence-corrected chi connectivity index (χ3v) is 13.7. The van der Waals surface area contributed by atoms with Gasteiger partial charge in [0.15, 0.2) is 11.6 Å². The number of anilines is 3. The van der Waals surface area contributed by atoms with Crippen LogP contribution in [0, 0.1) is 41.5 Å². The number of carbonyl (C=O) groups is 2. The fourth-order valence-corrected chi connectivity index (χ4v) is 8.66. The Kier molecular flexibility index (Phi) is 25.4. The van der Waals surface area contributed by atoms with Crippen LogP contribution in [0.25, 0.3) is 16.3 Å². The lowest BCUT2D eigenvalue weighted by Crippen LogP contribution is -2.16. The molecular formula is C75H83N3O3. The maximum absolute atomic E-state index is 11.4. The highest BCUT2D eigenvalue weighted by Gasteiger charge is 2.15. The molecule has 0 saturated carbocycles. The van der Waals surface area contributed by atoms with E-state index in [9.17, 15) is 9.59 Å². The van der Waals surface area contributed by atoms with Gasteiger partial charge in [-0.15, -0.1) is 0 Å². The molecule has 6 aromatic rings. The Morgan fingerprint density at radius 1 is 0.519 bits per heavy atom. The highest BCUT2D eigenvalue weighted by molar-refractivity contribution is 6.12. The topological polar surface area (TPSA) is 81.7 Å². The van der Waals surface area contributed by atoms with Crippen molar-refractivity contribution in [1.29, 1.82) is 0 Å². The van der Waals surface area contributed by atoms with Crippen LogP contribution in [-0.2, 0) is 4.79 Å². The molecule has 5 aliphatic carbocycles. The lowest BCUT2D eigenvalue weighted by atomic mass is 9.92. The molecule has 416 valence electrons. The summed E-state index contributed by atoms with van der Waals surface area (Å²) in [5.74, 6) is 0.553. The van der Waals surface area contributed by atoms with Crippen LogP contribution >= 0.6 is 0 Å². The highest BCUT2D eigenvalue weighted by atomic mass is 16.3. The number of aryl methyl sites for hydroxylation is 6. The fraction of sp³-hybridized carbons (Fsp3) is 0.200. The maximum Gasteiger partial charge on any atom is 0.186 e. The molecule has 0 aromatic heterocycles. The molecule has 6 heteroatoms. The predicted molar refractivity (Wildman–Crippen MR) is 351 cm³/mol. The first-order chi connectivity index (χ1) is 39.0. The molecule has 6 aromatic carbocycles. The zero-order chi connectivity index (χ0) is 58.7. The number of nitrogens with zero attached hydrogens (tertiary/aromatic N) is 1. The second kappa shape index (κ2) is 32.8. The van der Waals surface area contributed by atoms with Gasteiger partial charge in [-0.3, -0.25) is 9.59 Å². The first-order valence-electron chi connectivity index (χ1n) is 27.8. The van der Waals surface area contributed by atoms with Crippen molar-refractivity contribution in [3.8, 4) is 5.75 Å². The van der Waals surface area contributed by atoms with Crippen LogP contribution in [0.5, 0.6) is 5.75 Å². The summed E-state index contributed by atoms with van der Waals surface area (Å²) in [5, 5.41) is 18.4. The molecule has 0 amide bonds. The van der Waals surface area contributed by atoms with Gasteiger partial charge >= 0.3 is 0 Å². The van der Waals surface area contributed by atoms with E-state index in [0.717, 1.165) is 52.9 Å². The van der Waals surface area contributed by atoms with Crippen LogP contribution in [0.3, 0.4) is 0 Å². The van der Waals surface area contributed by atoms with Crippen molar-refractivity contribution in [3.05, 3.63) is 303 Å². The Hall–Kier alpha value is -9.00. The standard InChI is InChI=1S/C12H12N2.C12H10O.C10H10.C9H13N.C8H10O.C8H8O.2C8H10/c1-8-5-6-11-12-9(8)3-2-4-10(12)13-7-14-11;1-2-9-7-8-12(13)11-6-4-3-5-10(9)11;1-8-6-7-9-4-2-3-5-10(8)9;1-8-4-6-9(7-5-8)10(2)3;1-6-3-4-7(2)8(9)5-6;1-2-7-3-5-8(9)6-4-7;1-7-3-5-8(2)6-4-7;1-2-8-6-4-3-5-7-8/h2-6,13-14H,7H2,1H3;2-8H,1H3;2-4,6-7H,5H2,1H3;4-7H,1-3H3;3-5,9H,1-2H3;2-6H,1H3;3-6H,1-2H3;2,4-7H,3H2,1H3/b;9-2+;;;;;;. The number of hydrogen-bond acceptors (Lipinski definition) is 6. The number of phenols is 1. The summed E-state index contributed by atoms with van der Waals surface area (Å²) in [5.41, 5.74) is 20.8. The minimum absolute atomic E-state index is 0.0700. The molecule has 81 heavy (non-hydrogen) atoms. The summed E-state index contributed by atoms with van der Waals surface area (Å²) in [7, 11) is 4.09. The van der Waals surface area contributed by atoms with Crippen molar-refractivity contribution in [2.75, 3.05) is 36.3 Å². The monoisotopic (exact) mass is 1070 g/mol. The molecule has 0 saturated heterocycles. The second-order valence-corrected chi connectivity index (χ2v) is 20.3. The molecule has 1 heterocycles. The summed E-state index contributed by atoms with van der Waals surface area (Å²) in [6.07, 6.45) is 38.0. The third kappa shape index (κ3) is 20.3. The van der Waals surface area contributed by atoms with Gasteiger partial charge in [-0.25, -0.2) is 0 Å². The van der Waals surface area contributed by atoms with Crippen molar-refractivity contribution >= 4 is 45.0 Å². The lowest BCUT2D eigenvalue weighted by Gasteiger charge is -2.21. The molecule has 0 bridgehead atoms. The SMILES string of the molecule is C/C=C1\C=CC(=O)c2ccccc21.CC1=C2CC=CC=C2C=C1.CC=C1C=CC(=O)C=C1.CC=C1C=CCC=C1.Cc1ccc(C)c(O)c1.Cc1ccc(C)cc1.Cc1ccc(N(C)C)cc1.Cc1ccc2c3c(cccc13)NCN2. The van der Waals surface area contributed by atoms with Gasteiger partial charge in [0, 0.05) is 42.1 Å². The van der Waals surface area contributed by atoms with Crippen LogP contribution in [0.1, 0.15) is 89.8 Å². The average molecular weight is 1070 g/mol. The quantitative estimate of drug-likeness (QED) is 0.152. The van der Waals surface area contributed by atoms with Crippen molar-refractivity contribution < 1.29 is 14.7 Å². The smallest absolute Gasteiger partial charge is 0.186 e. The zero-order valence-electron chi connectivity index (χ0n) is 49.8. The van der Waals surface area contributed by atoms with Gasteiger partial charge in [-0.05, 0) is 192 Å². The Morgan fingerprint density at radius 3 is 1.64 bits per heavy atom. The minimum atomic E-state index is 0.0700. The van der Waals surface area contributed by atoms with E-state index in [1.54, 1.807) is 24.3 Å². The zero-order valence-corrected chi connectivity index (χ0v) is 49.8.